The number of nitrogens with zero attached hydrogens (tertiary/aromatic N) is 3. The van der Waals surface area contributed by atoms with E-state index in [-0.39, 0.29) is 5.69 Å². The molecule has 0 bridgehead atoms. The van der Waals surface area contributed by atoms with Crippen LogP contribution >= 0.6 is 11.6 Å². The van der Waals surface area contributed by atoms with Gasteiger partial charge in [-0.3, -0.25) is 9.78 Å². The third-order valence-electron chi connectivity index (χ3n) is 3.84. The standard InChI is InChI=1S/C19H15ClN4O/c1-12-13(5-3-7-15(12)20)8-9-16-23-17(19(21)25)18(24(16)2)14-6-4-10-22-11-14/h3-7,10-11H,1-2H3,(H2,21,25). The molecule has 0 aliphatic rings. The Morgan fingerprint density at radius 3 is 2.72 bits per heavy atom. The molecule has 2 heterocycles. The Morgan fingerprint density at radius 1 is 1.24 bits per heavy atom. The van der Waals surface area contributed by atoms with E-state index in [0.717, 1.165) is 16.7 Å². The topological polar surface area (TPSA) is 73.8 Å². The zero-order valence-electron chi connectivity index (χ0n) is 13.7. The molecule has 3 rings (SSSR count). The Bertz CT molecular complexity index is 1010. The molecule has 1 aromatic carbocycles. The molecule has 0 saturated heterocycles. The van der Waals surface area contributed by atoms with E-state index < -0.39 is 5.91 Å². The van der Waals surface area contributed by atoms with Gasteiger partial charge in [0, 0.05) is 35.6 Å². The van der Waals surface area contributed by atoms with Gasteiger partial charge in [0.05, 0.1) is 5.69 Å². The fourth-order valence-corrected chi connectivity index (χ4v) is 2.66. The molecule has 5 nitrogen and oxygen atoms in total. The number of carbonyl (C=O) groups excluding carboxylic acids is 1. The van der Waals surface area contributed by atoms with E-state index in [1.165, 1.54) is 0 Å². The van der Waals surface area contributed by atoms with Crippen LogP contribution in [0.3, 0.4) is 0 Å². The number of amides is 1. The number of pyridine rings is 1. The molecule has 0 aliphatic heterocycles. The first-order chi connectivity index (χ1) is 12.0. The quantitative estimate of drug-likeness (QED) is 0.722. The maximum atomic E-state index is 11.8. The van der Waals surface area contributed by atoms with Crippen LogP contribution < -0.4 is 5.73 Å². The lowest BCUT2D eigenvalue weighted by molar-refractivity contribution is 0.0996. The van der Waals surface area contributed by atoms with E-state index >= 15 is 0 Å². The van der Waals surface area contributed by atoms with Gasteiger partial charge in [0.1, 0.15) is 0 Å². The summed E-state index contributed by atoms with van der Waals surface area (Å²) in [6, 6.07) is 9.17. The highest BCUT2D eigenvalue weighted by atomic mass is 35.5. The highest BCUT2D eigenvalue weighted by Gasteiger charge is 2.19. The highest BCUT2D eigenvalue weighted by molar-refractivity contribution is 6.31. The molecule has 2 aromatic heterocycles. The third kappa shape index (κ3) is 3.25. The number of imidazole rings is 1. The molecular weight excluding hydrogens is 336 g/mol. The minimum Gasteiger partial charge on any atom is -0.364 e. The number of nitrogens with two attached hydrogens (primary N) is 1. The molecule has 124 valence electrons. The average Bonchev–Trinajstić information content (AvgIpc) is 2.94. The maximum absolute atomic E-state index is 11.8. The number of rotatable bonds is 2. The Morgan fingerprint density at radius 2 is 2.04 bits per heavy atom. The molecule has 6 heteroatoms. The Labute approximate surface area is 150 Å². The normalized spacial score (nSPS) is 10.2. The van der Waals surface area contributed by atoms with Crippen molar-refractivity contribution in [3.05, 3.63) is 70.4 Å². The van der Waals surface area contributed by atoms with Crippen LogP contribution in [-0.2, 0) is 7.05 Å². The molecule has 0 fully saturated rings. The largest absolute Gasteiger partial charge is 0.364 e. The van der Waals surface area contributed by atoms with Crippen LogP contribution in [0.25, 0.3) is 11.3 Å². The van der Waals surface area contributed by atoms with Crippen LogP contribution in [0.2, 0.25) is 5.02 Å². The summed E-state index contributed by atoms with van der Waals surface area (Å²) in [6.45, 7) is 1.90. The van der Waals surface area contributed by atoms with Crippen LogP contribution in [-0.4, -0.2) is 20.4 Å². The first kappa shape index (κ1) is 16.7. The SMILES string of the molecule is Cc1c(Cl)cccc1C#Cc1nc(C(N)=O)c(-c2cccnc2)n1C. The molecule has 0 saturated carbocycles. The third-order valence-corrected chi connectivity index (χ3v) is 4.25. The van der Waals surface area contributed by atoms with Gasteiger partial charge < -0.3 is 10.3 Å². The van der Waals surface area contributed by atoms with Crippen LogP contribution in [0.5, 0.6) is 0 Å². The van der Waals surface area contributed by atoms with E-state index in [9.17, 15) is 4.79 Å². The number of primary amides is 1. The van der Waals surface area contributed by atoms with Crippen molar-refractivity contribution < 1.29 is 4.79 Å². The minimum atomic E-state index is -0.610. The smallest absolute Gasteiger partial charge is 0.269 e. The summed E-state index contributed by atoms with van der Waals surface area (Å²) >= 11 is 6.12. The van der Waals surface area contributed by atoms with Crippen molar-refractivity contribution in [2.24, 2.45) is 12.8 Å². The van der Waals surface area contributed by atoms with Gasteiger partial charge in [-0.05, 0) is 42.7 Å². The van der Waals surface area contributed by atoms with Gasteiger partial charge >= 0.3 is 0 Å². The molecule has 2 N–H and O–H groups in total. The second kappa shape index (κ2) is 6.80. The number of aromatic nitrogens is 3. The molecule has 0 unspecified atom stereocenters. The first-order valence-electron chi connectivity index (χ1n) is 7.53. The molecule has 0 spiro atoms. The van der Waals surface area contributed by atoms with E-state index in [1.807, 2.05) is 31.2 Å². The molecule has 25 heavy (non-hydrogen) atoms. The number of halogens is 1. The van der Waals surface area contributed by atoms with E-state index in [2.05, 4.69) is 21.8 Å². The van der Waals surface area contributed by atoms with Gasteiger partial charge in [0.25, 0.3) is 5.91 Å². The lowest BCUT2D eigenvalue weighted by Crippen LogP contribution is -2.13. The molecule has 0 atom stereocenters. The van der Waals surface area contributed by atoms with Gasteiger partial charge in [-0.25, -0.2) is 4.98 Å². The second-order valence-electron chi connectivity index (χ2n) is 5.46. The summed E-state index contributed by atoms with van der Waals surface area (Å²) in [5, 5.41) is 0.653. The fraction of sp³-hybridized carbons (Fsp3) is 0.105. The monoisotopic (exact) mass is 350 g/mol. The van der Waals surface area contributed by atoms with Crippen molar-refractivity contribution in [2.45, 2.75) is 6.92 Å². The lowest BCUT2D eigenvalue weighted by atomic mass is 10.1. The molecule has 3 aromatic rings. The zero-order valence-corrected chi connectivity index (χ0v) is 14.5. The Kier molecular flexibility index (Phi) is 4.55. The van der Waals surface area contributed by atoms with Crippen molar-refractivity contribution >= 4 is 17.5 Å². The fourth-order valence-electron chi connectivity index (χ4n) is 2.48. The summed E-state index contributed by atoms with van der Waals surface area (Å²) in [5.41, 5.74) is 8.69. The van der Waals surface area contributed by atoms with Crippen LogP contribution in [0.1, 0.15) is 27.4 Å². The van der Waals surface area contributed by atoms with Crippen LogP contribution in [0, 0.1) is 18.8 Å². The number of hydrogen-bond acceptors (Lipinski definition) is 3. The van der Waals surface area contributed by atoms with Gasteiger partial charge in [0.2, 0.25) is 0 Å². The van der Waals surface area contributed by atoms with E-state index in [1.54, 1.807) is 30.1 Å². The van der Waals surface area contributed by atoms with Crippen molar-refractivity contribution in [2.75, 3.05) is 0 Å². The maximum Gasteiger partial charge on any atom is 0.269 e. The Balaban J connectivity index is 2.12. The number of benzene rings is 1. The lowest BCUT2D eigenvalue weighted by Gasteiger charge is -2.04. The zero-order chi connectivity index (χ0) is 18.0. The van der Waals surface area contributed by atoms with Gasteiger partial charge in [-0.15, -0.1) is 0 Å². The van der Waals surface area contributed by atoms with E-state index in [0.29, 0.717) is 16.5 Å². The highest BCUT2D eigenvalue weighted by Crippen LogP contribution is 2.23. The van der Waals surface area contributed by atoms with Gasteiger partial charge in [-0.2, -0.15) is 0 Å². The van der Waals surface area contributed by atoms with Gasteiger partial charge in [-0.1, -0.05) is 23.6 Å². The summed E-state index contributed by atoms with van der Waals surface area (Å²) < 4.78 is 1.74. The molecule has 1 amide bonds. The molecule has 0 aliphatic carbocycles. The van der Waals surface area contributed by atoms with Crippen molar-refractivity contribution in [3.8, 4) is 23.1 Å². The minimum absolute atomic E-state index is 0.169. The number of hydrogen-bond donors (Lipinski definition) is 1. The van der Waals surface area contributed by atoms with Crippen molar-refractivity contribution in [3.63, 3.8) is 0 Å². The Hall–Kier alpha value is -3.10. The van der Waals surface area contributed by atoms with Gasteiger partial charge in [0.15, 0.2) is 11.5 Å². The van der Waals surface area contributed by atoms with Crippen LogP contribution in [0.4, 0.5) is 0 Å². The van der Waals surface area contributed by atoms with Crippen molar-refractivity contribution in [1.29, 1.82) is 0 Å². The predicted molar refractivity (Wildman–Crippen MR) is 97.1 cm³/mol. The average molecular weight is 351 g/mol. The van der Waals surface area contributed by atoms with Crippen molar-refractivity contribution in [1.82, 2.24) is 14.5 Å². The predicted octanol–water partition coefficient (Wildman–Crippen LogP) is 2.94. The van der Waals surface area contributed by atoms with Crippen LogP contribution in [0.15, 0.2) is 42.7 Å². The second-order valence-corrected chi connectivity index (χ2v) is 5.87. The summed E-state index contributed by atoms with van der Waals surface area (Å²) in [5.74, 6) is 5.88. The number of carbonyl (C=O) groups is 1. The first-order valence-corrected chi connectivity index (χ1v) is 7.91. The molecular formula is C19H15ClN4O. The summed E-state index contributed by atoms with van der Waals surface area (Å²) in [6.07, 6.45) is 3.31. The summed E-state index contributed by atoms with van der Waals surface area (Å²) in [7, 11) is 1.79. The van der Waals surface area contributed by atoms with E-state index in [4.69, 9.17) is 17.3 Å². The molecule has 0 radical (unpaired) electrons. The summed E-state index contributed by atoms with van der Waals surface area (Å²) in [4.78, 5) is 20.2.